The Bertz CT molecular complexity index is 409. The number of halogens is 1. The predicted molar refractivity (Wildman–Crippen MR) is 71.6 cm³/mol. The van der Waals surface area contributed by atoms with Gasteiger partial charge in [0.15, 0.2) is 5.11 Å². The van der Waals surface area contributed by atoms with Gasteiger partial charge in [-0.3, -0.25) is 4.98 Å². The molecule has 4 nitrogen and oxygen atoms in total. The van der Waals surface area contributed by atoms with Crippen molar-refractivity contribution in [3.8, 4) is 5.75 Å². The first kappa shape index (κ1) is 14.7. The SMILES string of the molecule is C=Cc1cnc(C)c(O)c1CNC(N)=S.Cl. The van der Waals surface area contributed by atoms with Gasteiger partial charge < -0.3 is 16.2 Å². The van der Waals surface area contributed by atoms with Crippen LogP contribution in [0.15, 0.2) is 12.8 Å². The summed E-state index contributed by atoms with van der Waals surface area (Å²) in [5, 5.41) is 12.8. The lowest BCUT2D eigenvalue weighted by atomic mass is 10.1. The Morgan fingerprint density at radius 3 is 2.88 bits per heavy atom. The maximum atomic E-state index is 9.79. The quantitative estimate of drug-likeness (QED) is 0.718. The van der Waals surface area contributed by atoms with E-state index in [9.17, 15) is 5.11 Å². The average molecular weight is 260 g/mol. The van der Waals surface area contributed by atoms with Gasteiger partial charge in [0.05, 0.1) is 5.69 Å². The third-order valence-corrected chi connectivity index (χ3v) is 2.18. The molecule has 0 saturated carbocycles. The van der Waals surface area contributed by atoms with E-state index in [1.54, 1.807) is 19.2 Å². The second-order valence-electron chi connectivity index (χ2n) is 3.05. The number of aryl methyl sites for hydroxylation is 1. The number of nitrogens with zero attached hydrogens (tertiary/aromatic N) is 1. The zero-order chi connectivity index (χ0) is 11.4. The standard InChI is InChI=1S/C10H13N3OS.ClH/c1-3-7-4-12-6(2)9(14)8(7)5-13-10(11)15;/h3-4,14H,1,5H2,2H3,(H3,11,13,15);1H. The van der Waals surface area contributed by atoms with Gasteiger partial charge in [-0.25, -0.2) is 0 Å². The van der Waals surface area contributed by atoms with Crippen LogP contribution in [0, 0.1) is 6.92 Å². The van der Waals surface area contributed by atoms with Crippen LogP contribution >= 0.6 is 24.6 Å². The maximum absolute atomic E-state index is 9.79. The van der Waals surface area contributed by atoms with E-state index in [4.69, 9.17) is 18.0 Å². The van der Waals surface area contributed by atoms with Gasteiger partial charge in [0.1, 0.15) is 5.75 Å². The Kier molecular flexibility index (Phi) is 5.77. The summed E-state index contributed by atoms with van der Waals surface area (Å²) in [7, 11) is 0. The fourth-order valence-electron chi connectivity index (χ4n) is 1.20. The molecule has 0 atom stereocenters. The van der Waals surface area contributed by atoms with Crippen LogP contribution in [0.2, 0.25) is 0 Å². The minimum absolute atomic E-state index is 0. The van der Waals surface area contributed by atoms with Crippen molar-refractivity contribution in [1.82, 2.24) is 10.3 Å². The van der Waals surface area contributed by atoms with Crippen molar-refractivity contribution in [3.05, 3.63) is 29.6 Å². The number of nitrogens with two attached hydrogens (primary N) is 1. The van der Waals surface area contributed by atoms with Crippen molar-refractivity contribution in [2.24, 2.45) is 5.73 Å². The summed E-state index contributed by atoms with van der Waals surface area (Å²) in [5.74, 6) is 0.149. The van der Waals surface area contributed by atoms with Crippen LogP contribution in [0.3, 0.4) is 0 Å². The van der Waals surface area contributed by atoms with Gasteiger partial charge in [0.2, 0.25) is 0 Å². The Labute approximate surface area is 106 Å². The van der Waals surface area contributed by atoms with E-state index in [-0.39, 0.29) is 23.3 Å². The minimum Gasteiger partial charge on any atom is -0.506 e. The van der Waals surface area contributed by atoms with Crippen molar-refractivity contribution >= 4 is 35.8 Å². The van der Waals surface area contributed by atoms with Crippen LogP contribution in [0.4, 0.5) is 0 Å². The molecular weight excluding hydrogens is 246 g/mol. The lowest BCUT2D eigenvalue weighted by Crippen LogP contribution is -2.28. The summed E-state index contributed by atoms with van der Waals surface area (Å²) in [5.41, 5.74) is 7.35. The van der Waals surface area contributed by atoms with Crippen LogP contribution in [-0.4, -0.2) is 15.2 Å². The molecule has 0 fully saturated rings. The smallest absolute Gasteiger partial charge is 0.163 e. The molecule has 0 radical (unpaired) electrons. The van der Waals surface area contributed by atoms with E-state index in [2.05, 4.69) is 16.9 Å². The highest BCUT2D eigenvalue weighted by Gasteiger charge is 2.09. The molecule has 0 bridgehead atoms. The van der Waals surface area contributed by atoms with Crippen molar-refractivity contribution in [2.75, 3.05) is 0 Å². The van der Waals surface area contributed by atoms with Gasteiger partial charge in [-0.05, 0) is 19.1 Å². The fourth-order valence-corrected chi connectivity index (χ4v) is 1.27. The highest BCUT2D eigenvalue weighted by atomic mass is 35.5. The zero-order valence-electron chi connectivity index (χ0n) is 8.86. The molecule has 0 amide bonds. The highest BCUT2D eigenvalue weighted by molar-refractivity contribution is 7.80. The summed E-state index contributed by atoms with van der Waals surface area (Å²) < 4.78 is 0. The molecule has 1 aromatic rings. The van der Waals surface area contributed by atoms with E-state index in [0.29, 0.717) is 17.8 Å². The molecular formula is C10H14ClN3OS. The minimum atomic E-state index is 0. The van der Waals surface area contributed by atoms with Gasteiger partial charge in [0, 0.05) is 23.9 Å². The Morgan fingerprint density at radius 2 is 2.38 bits per heavy atom. The molecule has 0 aliphatic heterocycles. The van der Waals surface area contributed by atoms with Gasteiger partial charge in [-0.15, -0.1) is 12.4 Å². The molecule has 0 unspecified atom stereocenters. The molecule has 0 spiro atoms. The molecule has 1 heterocycles. The van der Waals surface area contributed by atoms with Crippen molar-refractivity contribution in [2.45, 2.75) is 13.5 Å². The lowest BCUT2D eigenvalue weighted by Gasteiger charge is -2.11. The van der Waals surface area contributed by atoms with Crippen LogP contribution in [0.25, 0.3) is 6.08 Å². The number of rotatable bonds is 3. The molecule has 88 valence electrons. The molecule has 0 saturated heterocycles. The van der Waals surface area contributed by atoms with E-state index < -0.39 is 0 Å². The third kappa shape index (κ3) is 3.36. The van der Waals surface area contributed by atoms with Crippen LogP contribution < -0.4 is 11.1 Å². The summed E-state index contributed by atoms with van der Waals surface area (Å²) in [6, 6.07) is 0. The molecule has 16 heavy (non-hydrogen) atoms. The fraction of sp³-hybridized carbons (Fsp3) is 0.200. The Balaban J connectivity index is 0.00000225. The first-order valence-electron chi connectivity index (χ1n) is 4.39. The molecule has 4 N–H and O–H groups in total. The predicted octanol–water partition coefficient (Wildman–Crippen LogP) is 1.49. The summed E-state index contributed by atoms with van der Waals surface area (Å²) in [6.07, 6.45) is 3.28. The normalized spacial score (nSPS) is 9.06. The number of hydrogen-bond acceptors (Lipinski definition) is 3. The lowest BCUT2D eigenvalue weighted by molar-refractivity contribution is 0.459. The number of aromatic hydroxyl groups is 1. The average Bonchev–Trinajstić information content (AvgIpc) is 2.20. The number of hydrogen-bond donors (Lipinski definition) is 3. The van der Waals surface area contributed by atoms with Crippen molar-refractivity contribution < 1.29 is 5.11 Å². The molecule has 0 aromatic carbocycles. The van der Waals surface area contributed by atoms with E-state index in [1.807, 2.05) is 0 Å². The van der Waals surface area contributed by atoms with Crippen LogP contribution in [-0.2, 0) is 6.54 Å². The maximum Gasteiger partial charge on any atom is 0.163 e. The number of thiocarbonyl (C=S) groups is 1. The summed E-state index contributed by atoms with van der Waals surface area (Å²) in [6.45, 7) is 5.74. The Hall–Kier alpha value is -1.33. The van der Waals surface area contributed by atoms with E-state index >= 15 is 0 Å². The summed E-state index contributed by atoms with van der Waals surface area (Å²) >= 11 is 4.69. The monoisotopic (exact) mass is 259 g/mol. The second-order valence-corrected chi connectivity index (χ2v) is 3.49. The molecule has 0 aliphatic rings. The van der Waals surface area contributed by atoms with Gasteiger partial charge >= 0.3 is 0 Å². The van der Waals surface area contributed by atoms with Crippen molar-refractivity contribution in [1.29, 1.82) is 0 Å². The molecule has 0 aliphatic carbocycles. The first-order chi connectivity index (χ1) is 7.06. The Morgan fingerprint density at radius 1 is 1.75 bits per heavy atom. The number of nitrogens with one attached hydrogen (secondary N) is 1. The van der Waals surface area contributed by atoms with Gasteiger partial charge in [-0.1, -0.05) is 12.7 Å². The van der Waals surface area contributed by atoms with Gasteiger partial charge in [0.25, 0.3) is 0 Å². The topological polar surface area (TPSA) is 71.2 Å². The van der Waals surface area contributed by atoms with E-state index in [1.165, 1.54) is 0 Å². The molecule has 1 rings (SSSR count). The zero-order valence-corrected chi connectivity index (χ0v) is 10.5. The third-order valence-electron chi connectivity index (χ3n) is 2.03. The largest absolute Gasteiger partial charge is 0.506 e. The first-order valence-corrected chi connectivity index (χ1v) is 4.80. The van der Waals surface area contributed by atoms with Crippen molar-refractivity contribution in [3.63, 3.8) is 0 Å². The number of pyridine rings is 1. The highest BCUT2D eigenvalue weighted by Crippen LogP contribution is 2.24. The second kappa shape index (κ2) is 6.30. The molecule has 6 heteroatoms. The molecule has 1 aromatic heterocycles. The van der Waals surface area contributed by atoms with Gasteiger partial charge in [-0.2, -0.15) is 0 Å². The summed E-state index contributed by atoms with van der Waals surface area (Å²) in [4.78, 5) is 4.02. The van der Waals surface area contributed by atoms with Crippen LogP contribution in [0.5, 0.6) is 5.75 Å². The van der Waals surface area contributed by atoms with Crippen LogP contribution in [0.1, 0.15) is 16.8 Å². The number of aromatic nitrogens is 1. The van der Waals surface area contributed by atoms with E-state index in [0.717, 1.165) is 5.56 Å².